The highest BCUT2D eigenvalue weighted by molar-refractivity contribution is 6.46. The molecular formula is C30H30N2O6. The van der Waals surface area contributed by atoms with Crippen LogP contribution in [0.15, 0.2) is 72.3 Å². The summed E-state index contributed by atoms with van der Waals surface area (Å²) in [6.45, 7) is 1.14. The summed E-state index contributed by atoms with van der Waals surface area (Å²) in [6.07, 6.45) is 0.535. The third-order valence-electron chi connectivity index (χ3n) is 6.88. The first-order valence-electron chi connectivity index (χ1n) is 12.5. The Morgan fingerprint density at radius 3 is 2.32 bits per heavy atom. The van der Waals surface area contributed by atoms with Crippen LogP contribution >= 0.6 is 0 Å². The van der Waals surface area contributed by atoms with Crippen LogP contribution in [0.25, 0.3) is 5.76 Å². The lowest BCUT2D eigenvalue weighted by atomic mass is 9.94. The van der Waals surface area contributed by atoms with Crippen molar-refractivity contribution in [3.63, 3.8) is 0 Å². The quantitative estimate of drug-likeness (QED) is 0.287. The fraction of sp³-hybridized carbons (Fsp3) is 0.267. The number of anilines is 1. The van der Waals surface area contributed by atoms with Crippen molar-refractivity contribution in [3.8, 4) is 17.2 Å². The molecule has 8 heteroatoms. The van der Waals surface area contributed by atoms with Crippen LogP contribution in [0, 0.1) is 0 Å². The summed E-state index contributed by atoms with van der Waals surface area (Å²) in [5.74, 6) is 0.209. The van der Waals surface area contributed by atoms with Crippen molar-refractivity contribution in [2.45, 2.75) is 12.5 Å². The number of carbonyl (C=O) groups excluding carboxylic acids is 2. The number of amides is 1. The summed E-state index contributed by atoms with van der Waals surface area (Å²) in [7, 11) is 5.49. The molecule has 1 fully saturated rings. The highest BCUT2D eigenvalue weighted by atomic mass is 16.6. The van der Waals surface area contributed by atoms with Gasteiger partial charge < -0.3 is 29.1 Å². The van der Waals surface area contributed by atoms with Crippen molar-refractivity contribution >= 4 is 23.1 Å². The van der Waals surface area contributed by atoms with Crippen LogP contribution in [0.2, 0.25) is 0 Å². The number of hydrogen-bond donors (Lipinski definition) is 1. The van der Waals surface area contributed by atoms with Gasteiger partial charge in [-0.15, -0.1) is 0 Å². The van der Waals surface area contributed by atoms with Gasteiger partial charge in [0, 0.05) is 31.9 Å². The van der Waals surface area contributed by atoms with Gasteiger partial charge in [-0.1, -0.05) is 24.3 Å². The fourth-order valence-corrected chi connectivity index (χ4v) is 4.80. The normalized spacial score (nSPS) is 18.0. The number of methoxy groups -OCH3 is 1. The van der Waals surface area contributed by atoms with Crippen molar-refractivity contribution < 1.29 is 28.9 Å². The minimum atomic E-state index is -0.738. The maximum atomic E-state index is 13.4. The Kier molecular flexibility index (Phi) is 6.96. The Bertz CT molecular complexity index is 1380. The van der Waals surface area contributed by atoms with Gasteiger partial charge in [-0.3, -0.25) is 9.59 Å². The highest BCUT2D eigenvalue weighted by Gasteiger charge is 2.46. The van der Waals surface area contributed by atoms with E-state index in [4.69, 9.17) is 14.2 Å². The van der Waals surface area contributed by atoms with Gasteiger partial charge in [0.15, 0.2) is 11.5 Å². The van der Waals surface area contributed by atoms with Crippen LogP contribution in [0.1, 0.15) is 22.7 Å². The third kappa shape index (κ3) is 4.77. The molecule has 0 aromatic heterocycles. The smallest absolute Gasteiger partial charge is 0.295 e. The molecule has 3 aromatic carbocycles. The van der Waals surface area contributed by atoms with Gasteiger partial charge in [0.25, 0.3) is 11.7 Å². The maximum absolute atomic E-state index is 13.4. The zero-order valence-corrected chi connectivity index (χ0v) is 21.6. The molecule has 8 nitrogen and oxygen atoms in total. The minimum Gasteiger partial charge on any atom is -0.507 e. The standard InChI is InChI=1S/C30H30N2O6/c1-31(2)22-9-6-20(7-10-22)27-26(28(33)21-8-13-24-25(18-21)38-17-16-37-24)29(34)30(35)32(27)15-14-19-4-11-23(36-3)12-5-19/h4-13,18,27,33H,14-17H2,1-3H3/b28-26-. The molecule has 1 atom stereocenters. The largest absolute Gasteiger partial charge is 0.507 e. The molecule has 0 radical (unpaired) electrons. The van der Waals surface area contributed by atoms with E-state index < -0.39 is 17.7 Å². The Hall–Kier alpha value is -4.46. The van der Waals surface area contributed by atoms with Crippen molar-refractivity contribution in [2.24, 2.45) is 0 Å². The Morgan fingerprint density at radius 2 is 1.66 bits per heavy atom. The number of likely N-dealkylation sites (tertiary alicyclic amines) is 1. The van der Waals surface area contributed by atoms with Crippen molar-refractivity contribution in [3.05, 3.63) is 89.0 Å². The summed E-state index contributed by atoms with van der Waals surface area (Å²) in [5, 5.41) is 11.4. The molecule has 5 rings (SSSR count). The average Bonchev–Trinajstić information content (AvgIpc) is 3.20. The Balaban J connectivity index is 1.54. The Morgan fingerprint density at radius 1 is 0.974 bits per heavy atom. The highest BCUT2D eigenvalue weighted by Crippen LogP contribution is 2.41. The van der Waals surface area contributed by atoms with Crippen molar-refractivity contribution in [1.29, 1.82) is 0 Å². The van der Waals surface area contributed by atoms with Gasteiger partial charge in [0.05, 0.1) is 18.7 Å². The summed E-state index contributed by atoms with van der Waals surface area (Å²) in [4.78, 5) is 30.2. The van der Waals surface area contributed by atoms with Gasteiger partial charge in [-0.05, 0) is 60.0 Å². The first-order chi connectivity index (χ1) is 18.4. The van der Waals surface area contributed by atoms with Crippen LogP contribution in [0.5, 0.6) is 17.2 Å². The van der Waals surface area contributed by atoms with Crippen LogP contribution in [0.4, 0.5) is 5.69 Å². The second-order valence-corrected chi connectivity index (χ2v) is 9.43. The topological polar surface area (TPSA) is 88.5 Å². The number of benzene rings is 3. The van der Waals surface area contributed by atoms with Crippen molar-refractivity contribution in [2.75, 3.05) is 45.9 Å². The van der Waals surface area contributed by atoms with Gasteiger partial charge in [-0.2, -0.15) is 0 Å². The van der Waals surface area contributed by atoms with E-state index in [2.05, 4.69) is 0 Å². The first kappa shape index (κ1) is 25.2. The predicted octanol–water partition coefficient (Wildman–Crippen LogP) is 4.20. The van der Waals surface area contributed by atoms with E-state index in [0.717, 1.165) is 22.6 Å². The lowest BCUT2D eigenvalue weighted by Gasteiger charge is -2.26. The molecule has 0 bridgehead atoms. The number of nitrogens with zero attached hydrogens (tertiary/aromatic N) is 2. The minimum absolute atomic E-state index is 0.0546. The van der Waals surface area contributed by atoms with Crippen LogP contribution < -0.4 is 19.1 Å². The van der Waals surface area contributed by atoms with E-state index >= 15 is 0 Å². The number of rotatable bonds is 7. The lowest BCUT2D eigenvalue weighted by Crippen LogP contribution is -2.31. The monoisotopic (exact) mass is 514 g/mol. The zero-order chi connectivity index (χ0) is 26.8. The van der Waals surface area contributed by atoms with E-state index in [1.54, 1.807) is 30.2 Å². The number of ether oxygens (including phenoxy) is 3. The van der Waals surface area contributed by atoms with Gasteiger partial charge in [-0.25, -0.2) is 0 Å². The molecule has 2 heterocycles. The third-order valence-corrected chi connectivity index (χ3v) is 6.88. The second kappa shape index (κ2) is 10.5. The molecule has 0 saturated carbocycles. The molecule has 196 valence electrons. The van der Waals surface area contributed by atoms with E-state index in [1.807, 2.05) is 67.5 Å². The Labute approximate surface area is 221 Å². The zero-order valence-electron chi connectivity index (χ0n) is 21.6. The number of carbonyl (C=O) groups is 2. The maximum Gasteiger partial charge on any atom is 0.295 e. The number of fused-ring (bicyclic) bond motifs is 1. The first-order valence-corrected chi connectivity index (χ1v) is 12.5. The number of aliphatic hydroxyl groups excluding tert-OH is 1. The lowest BCUT2D eigenvalue weighted by molar-refractivity contribution is -0.139. The SMILES string of the molecule is COc1ccc(CCN2C(=O)C(=O)/C(=C(\O)c3ccc4c(c3)OCCO4)C2c2ccc(N(C)C)cc2)cc1. The molecule has 2 aliphatic heterocycles. The summed E-state index contributed by atoms with van der Waals surface area (Å²) < 4.78 is 16.5. The molecule has 0 spiro atoms. The molecule has 3 aromatic rings. The van der Waals surface area contributed by atoms with E-state index in [0.29, 0.717) is 43.2 Å². The molecule has 0 aliphatic carbocycles. The average molecular weight is 515 g/mol. The fourth-order valence-electron chi connectivity index (χ4n) is 4.80. The second-order valence-electron chi connectivity index (χ2n) is 9.43. The van der Waals surface area contributed by atoms with E-state index in [9.17, 15) is 14.7 Å². The van der Waals surface area contributed by atoms with Crippen LogP contribution in [0.3, 0.4) is 0 Å². The summed E-state index contributed by atoms with van der Waals surface area (Å²) >= 11 is 0. The van der Waals surface area contributed by atoms with Crippen LogP contribution in [-0.4, -0.2) is 62.7 Å². The van der Waals surface area contributed by atoms with Gasteiger partial charge in [0.1, 0.15) is 24.7 Å². The molecule has 1 amide bonds. The van der Waals surface area contributed by atoms with Crippen LogP contribution in [-0.2, 0) is 16.0 Å². The van der Waals surface area contributed by atoms with E-state index in [-0.39, 0.29) is 11.3 Å². The van der Waals surface area contributed by atoms with Crippen molar-refractivity contribution in [1.82, 2.24) is 4.90 Å². The van der Waals surface area contributed by atoms with E-state index in [1.165, 1.54) is 0 Å². The van der Waals surface area contributed by atoms with Gasteiger partial charge in [0.2, 0.25) is 0 Å². The molecule has 2 aliphatic rings. The molecule has 38 heavy (non-hydrogen) atoms. The molecule has 1 saturated heterocycles. The molecule has 1 unspecified atom stereocenters. The number of aliphatic hydroxyl groups is 1. The molecular weight excluding hydrogens is 484 g/mol. The van der Waals surface area contributed by atoms with Gasteiger partial charge >= 0.3 is 0 Å². The predicted molar refractivity (Wildman–Crippen MR) is 144 cm³/mol. The number of ketones is 1. The number of Topliss-reactive ketones (excluding diaryl/α,β-unsaturated/α-hetero) is 1. The molecule has 1 N–H and O–H groups in total. The summed E-state index contributed by atoms with van der Waals surface area (Å²) in [6, 6.07) is 19.5. The summed E-state index contributed by atoms with van der Waals surface area (Å²) in [5.41, 5.74) is 3.16. The number of hydrogen-bond acceptors (Lipinski definition) is 7.